The van der Waals surface area contributed by atoms with Crippen molar-refractivity contribution in [3.63, 3.8) is 0 Å². The Morgan fingerprint density at radius 3 is 2.29 bits per heavy atom. The quantitative estimate of drug-likeness (QED) is 0.609. The van der Waals surface area contributed by atoms with Crippen LogP contribution in [0.3, 0.4) is 0 Å². The maximum atomic E-state index is 13.7. The van der Waals surface area contributed by atoms with Gasteiger partial charge in [-0.1, -0.05) is 0 Å². The van der Waals surface area contributed by atoms with Gasteiger partial charge in [-0.3, -0.25) is 0 Å². The van der Waals surface area contributed by atoms with Crippen LogP contribution in [0.15, 0.2) is 6.07 Å². The van der Waals surface area contributed by atoms with E-state index >= 15 is 0 Å². The van der Waals surface area contributed by atoms with Gasteiger partial charge in [0, 0.05) is 0 Å². The number of aryl methyl sites for hydroxylation is 1. The zero-order valence-electron chi connectivity index (χ0n) is 10.2. The summed E-state index contributed by atoms with van der Waals surface area (Å²) in [6.07, 6.45) is 0. The van der Waals surface area contributed by atoms with Crippen molar-refractivity contribution in [1.82, 2.24) is 0 Å². The largest absolute Gasteiger partial charge is 0.456 e. The van der Waals surface area contributed by atoms with Gasteiger partial charge in [-0.15, -0.1) is 0 Å². The number of rotatable bonds is 1. The molecule has 0 unspecified atom stereocenters. The topological polar surface area (TPSA) is 52.3 Å². The van der Waals surface area contributed by atoms with Gasteiger partial charge in [-0.05, 0) is 39.3 Å². The van der Waals surface area contributed by atoms with Crippen molar-refractivity contribution >= 4 is 11.7 Å². The third-order valence-corrected chi connectivity index (χ3v) is 2.01. The molecule has 0 spiro atoms. The van der Waals surface area contributed by atoms with E-state index in [4.69, 9.17) is 10.5 Å². The summed E-state index contributed by atoms with van der Waals surface area (Å²) < 4.78 is 32.2. The van der Waals surface area contributed by atoms with E-state index in [0.717, 1.165) is 6.07 Å². The van der Waals surface area contributed by atoms with Crippen LogP contribution in [0.25, 0.3) is 0 Å². The molecule has 3 nitrogen and oxygen atoms in total. The van der Waals surface area contributed by atoms with Gasteiger partial charge in [0.25, 0.3) is 0 Å². The average Bonchev–Trinajstić information content (AvgIpc) is 2.12. The van der Waals surface area contributed by atoms with Crippen LogP contribution >= 0.6 is 0 Å². The number of hydrogen-bond acceptors (Lipinski definition) is 3. The van der Waals surface area contributed by atoms with Crippen LogP contribution in [0.4, 0.5) is 14.5 Å². The molecule has 0 heterocycles. The molecule has 0 amide bonds. The predicted octanol–water partition coefficient (Wildman–Crippen LogP) is 2.81. The van der Waals surface area contributed by atoms with Gasteiger partial charge in [0.15, 0.2) is 5.82 Å². The first-order valence-corrected chi connectivity index (χ1v) is 5.11. The van der Waals surface area contributed by atoms with Crippen LogP contribution in [0.1, 0.15) is 36.7 Å². The Bertz CT molecular complexity index is 438. The number of benzene rings is 1. The molecule has 1 aromatic carbocycles. The molecule has 94 valence electrons. The lowest BCUT2D eigenvalue weighted by atomic mass is 10.1. The molecule has 0 saturated carbocycles. The summed E-state index contributed by atoms with van der Waals surface area (Å²) in [5.74, 6) is -3.07. The highest BCUT2D eigenvalue weighted by Crippen LogP contribution is 2.24. The molecule has 2 N–H and O–H groups in total. The molecule has 0 atom stereocenters. The second-order valence-corrected chi connectivity index (χ2v) is 4.79. The minimum Gasteiger partial charge on any atom is -0.456 e. The van der Waals surface area contributed by atoms with Crippen LogP contribution in [0, 0.1) is 18.6 Å². The standard InChI is InChI=1S/C12H15F2NO2/c1-6-5-7(15)10(14)8(9(6)13)11(16)17-12(2,3)4/h5H,15H2,1-4H3. The second-order valence-electron chi connectivity index (χ2n) is 4.79. The van der Waals surface area contributed by atoms with Gasteiger partial charge >= 0.3 is 5.97 Å². The molecule has 17 heavy (non-hydrogen) atoms. The summed E-state index contributed by atoms with van der Waals surface area (Å²) in [5, 5.41) is 0. The molecule has 5 heteroatoms. The Labute approximate surface area is 98.6 Å². The number of halogens is 2. The Morgan fingerprint density at radius 2 is 1.82 bits per heavy atom. The zero-order valence-corrected chi connectivity index (χ0v) is 10.2. The summed E-state index contributed by atoms with van der Waals surface area (Å²) >= 11 is 0. The fraction of sp³-hybridized carbons (Fsp3) is 0.417. The number of anilines is 1. The van der Waals surface area contributed by atoms with Crippen molar-refractivity contribution in [2.75, 3.05) is 5.73 Å². The number of hydrogen-bond donors (Lipinski definition) is 1. The van der Waals surface area contributed by atoms with E-state index in [9.17, 15) is 13.6 Å². The highest BCUT2D eigenvalue weighted by atomic mass is 19.1. The first-order valence-electron chi connectivity index (χ1n) is 5.11. The number of ether oxygens (including phenoxy) is 1. The summed E-state index contributed by atoms with van der Waals surface area (Å²) in [7, 11) is 0. The molecule has 1 aromatic rings. The van der Waals surface area contributed by atoms with Gasteiger partial charge in [-0.25, -0.2) is 13.6 Å². The Hall–Kier alpha value is -1.65. The summed E-state index contributed by atoms with van der Waals surface area (Å²) in [6, 6.07) is 1.14. The molecule has 0 saturated heterocycles. The highest BCUT2D eigenvalue weighted by molar-refractivity contribution is 5.91. The van der Waals surface area contributed by atoms with Crippen molar-refractivity contribution in [2.24, 2.45) is 0 Å². The molecular formula is C12H15F2NO2. The molecule has 0 aliphatic heterocycles. The molecule has 0 fully saturated rings. The summed E-state index contributed by atoms with van der Waals surface area (Å²) in [5.41, 5.74) is 3.61. The molecule has 0 bridgehead atoms. The van der Waals surface area contributed by atoms with Crippen molar-refractivity contribution in [1.29, 1.82) is 0 Å². The molecular weight excluding hydrogens is 228 g/mol. The third-order valence-electron chi connectivity index (χ3n) is 2.01. The van der Waals surface area contributed by atoms with E-state index in [2.05, 4.69) is 0 Å². The van der Waals surface area contributed by atoms with E-state index in [-0.39, 0.29) is 11.3 Å². The number of esters is 1. The SMILES string of the molecule is Cc1cc(N)c(F)c(C(=O)OC(C)(C)C)c1F. The zero-order chi connectivity index (χ0) is 13.4. The lowest BCUT2D eigenvalue weighted by Gasteiger charge is -2.20. The molecule has 0 aromatic heterocycles. The van der Waals surface area contributed by atoms with Crippen molar-refractivity contribution in [2.45, 2.75) is 33.3 Å². The Morgan fingerprint density at radius 1 is 1.29 bits per heavy atom. The molecule has 0 radical (unpaired) electrons. The van der Waals surface area contributed by atoms with Gasteiger partial charge in [0.05, 0.1) is 5.69 Å². The lowest BCUT2D eigenvalue weighted by molar-refractivity contribution is 0.00595. The first kappa shape index (κ1) is 13.4. The van der Waals surface area contributed by atoms with Gasteiger partial charge in [-0.2, -0.15) is 0 Å². The van der Waals surface area contributed by atoms with Gasteiger partial charge < -0.3 is 10.5 Å². The number of carbonyl (C=O) groups excluding carboxylic acids is 1. The smallest absolute Gasteiger partial charge is 0.344 e. The predicted molar refractivity (Wildman–Crippen MR) is 60.7 cm³/mol. The van der Waals surface area contributed by atoms with Gasteiger partial charge in [0.2, 0.25) is 0 Å². The van der Waals surface area contributed by atoms with E-state index in [0.29, 0.717) is 0 Å². The van der Waals surface area contributed by atoms with E-state index in [1.165, 1.54) is 6.92 Å². The second kappa shape index (κ2) is 4.31. The van der Waals surface area contributed by atoms with Crippen LogP contribution in [-0.2, 0) is 4.74 Å². The number of carbonyl (C=O) groups is 1. The Balaban J connectivity index is 3.27. The fourth-order valence-corrected chi connectivity index (χ4v) is 1.31. The highest BCUT2D eigenvalue weighted by Gasteiger charge is 2.26. The number of nitrogens with two attached hydrogens (primary N) is 1. The van der Waals surface area contributed by atoms with Gasteiger partial charge in [0.1, 0.15) is 17.0 Å². The minimum absolute atomic E-state index is 0.102. The summed E-state index contributed by atoms with van der Waals surface area (Å²) in [4.78, 5) is 11.6. The lowest BCUT2D eigenvalue weighted by Crippen LogP contribution is -2.25. The van der Waals surface area contributed by atoms with E-state index < -0.39 is 28.8 Å². The molecule has 0 aliphatic carbocycles. The van der Waals surface area contributed by atoms with Crippen molar-refractivity contribution < 1.29 is 18.3 Å². The summed E-state index contributed by atoms with van der Waals surface area (Å²) in [6.45, 7) is 6.23. The molecule has 0 aliphatic rings. The average molecular weight is 243 g/mol. The van der Waals surface area contributed by atoms with E-state index in [1.807, 2.05) is 0 Å². The monoisotopic (exact) mass is 243 g/mol. The number of nitrogen functional groups attached to an aromatic ring is 1. The van der Waals surface area contributed by atoms with Crippen LogP contribution in [0.5, 0.6) is 0 Å². The van der Waals surface area contributed by atoms with Crippen molar-refractivity contribution in [3.8, 4) is 0 Å². The Kier molecular flexibility index (Phi) is 3.40. The van der Waals surface area contributed by atoms with Crippen molar-refractivity contribution in [3.05, 3.63) is 28.8 Å². The minimum atomic E-state index is -1.08. The van der Waals surface area contributed by atoms with Crippen LogP contribution in [0.2, 0.25) is 0 Å². The normalized spacial score (nSPS) is 11.4. The third kappa shape index (κ3) is 2.93. The first-order chi connectivity index (χ1) is 7.63. The van der Waals surface area contributed by atoms with Crippen LogP contribution in [-0.4, -0.2) is 11.6 Å². The van der Waals surface area contributed by atoms with Crippen LogP contribution < -0.4 is 5.73 Å². The van der Waals surface area contributed by atoms with E-state index in [1.54, 1.807) is 20.8 Å². The molecule has 1 rings (SSSR count). The fourth-order valence-electron chi connectivity index (χ4n) is 1.31. The maximum Gasteiger partial charge on any atom is 0.344 e. The maximum absolute atomic E-state index is 13.7.